The fourth-order valence-electron chi connectivity index (χ4n) is 7.10. The number of likely N-dealkylation sites (N-methyl/N-ethyl adjacent to an activating group) is 1. The van der Waals surface area contributed by atoms with E-state index in [9.17, 15) is 24.0 Å². The van der Waals surface area contributed by atoms with E-state index in [0.29, 0.717) is 6.42 Å². The molecule has 1 aromatic rings. The molecule has 1 aromatic heterocycles. The van der Waals surface area contributed by atoms with Gasteiger partial charge in [-0.3, -0.25) is 19.2 Å². The summed E-state index contributed by atoms with van der Waals surface area (Å²) in [7, 11) is 5.20. The Bertz CT molecular complexity index is 1410. The molecule has 0 aromatic carbocycles. The van der Waals surface area contributed by atoms with Gasteiger partial charge in [-0.15, -0.1) is 0 Å². The van der Waals surface area contributed by atoms with Crippen LogP contribution < -0.4 is 0 Å². The number of esters is 2. The average molecular weight is 706 g/mol. The van der Waals surface area contributed by atoms with Gasteiger partial charge in [0.05, 0.1) is 23.9 Å². The maximum absolute atomic E-state index is 14.2. The summed E-state index contributed by atoms with van der Waals surface area (Å²) >= 11 is 0. The third kappa shape index (κ3) is 9.25. The number of allylic oxidation sites excluding steroid dienone is 1. The fraction of sp³-hybridized carbons (Fsp3) is 0.722. The van der Waals surface area contributed by atoms with Gasteiger partial charge in [0.1, 0.15) is 18.3 Å². The molecule has 50 heavy (non-hydrogen) atoms. The molecule has 1 fully saturated rings. The number of hydrogen-bond acceptors (Lipinski definition) is 13. The summed E-state index contributed by atoms with van der Waals surface area (Å²) in [5.74, 6) is -5.09. The number of carbonyl (C=O) groups excluding carboxylic acids is 5. The van der Waals surface area contributed by atoms with E-state index in [1.165, 1.54) is 45.8 Å². The van der Waals surface area contributed by atoms with Crippen molar-refractivity contribution < 1.29 is 52.4 Å². The average Bonchev–Trinajstić information content (AvgIpc) is 3.60. The Balaban J connectivity index is 2.14. The molecule has 0 aliphatic carbocycles. The smallest absolute Gasteiger partial charge is 0.420 e. The van der Waals surface area contributed by atoms with Crippen molar-refractivity contribution in [3.05, 3.63) is 30.4 Å². The zero-order valence-corrected chi connectivity index (χ0v) is 31.5. The summed E-state index contributed by atoms with van der Waals surface area (Å²) in [5, 5.41) is 0. The molecule has 0 bridgehead atoms. The summed E-state index contributed by atoms with van der Waals surface area (Å²) in [5.41, 5.74) is -2.62. The molecule has 14 nitrogen and oxygen atoms in total. The Kier molecular flexibility index (Phi) is 13.7. The molecule has 0 radical (unpaired) electrons. The number of cyclic esters (lactones) is 1. The van der Waals surface area contributed by atoms with Crippen LogP contribution in [0.5, 0.6) is 0 Å². The van der Waals surface area contributed by atoms with E-state index in [2.05, 4.69) is 4.98 Å². The third-order valence-corrected chi connectivity index (χ3v) is 9.93. The lowest BCUT2D eigenvalue weighted by atomic mass is 9.77. The molecule has 0 amide bonds. The van der Waals surface area contributed by atoms with Crippen LogP contribution in [0, 0.1) is 17.8 Å². The Morgan fingerprint density at radius 2 is 1.78 bits per heavy atom. The van der Waals surface area contributed by atoms with Crippen LogP contribution in [0.1, 0.15) is 81.6 Å². The second-order valence-corrected chi connectivity index (χ2v) is 14.3. The van der Waals surface area contributed by atoms with E-state index in [1.807, 2.05) is 25.9 Å². The highest BCUT2D eigenvalue weighted by Crippen LogP contribution is 2.38. The van der Waals surface area contributed by atoms with Crippen LogP contribution in [0.3, 0.4) is 0 Å². The van der Waals surface area contributed by atoms with Gasteiger partial charge in [0.15, 0.2) is 29.6 Å². The van der Waals surface area contributed by atoms with Crippen LogP contribution in [0.15, 0.2) is 30.4 Å². The lowest BCUT2D eigenvalue weighted by molar-refractivity contribution is -0.297. The maximum Gasteiger partial charge on any atom is 0.420 e. The number of ketones is 2. The van der Waals surface area contributed by atoms with Crippen molar-refractivity contribution in [1.29, 1.82) is 0 Å². The first-order valence-electron chi connectivity index (χ1n) is 17.2. The van der Waals surface area contributed by atoms with Gasteiger partial charge in [-0.25, -0.2) is 14.3 Å². The Hall–Kier alpha value is -3.46. The molecule has 0 unspecified atom stereocenters. The molecule has 2 aliphatic heterocycles. The van der Waals surface area contributed by atoms with Gasteiger partial charge >= 0.3 is 18.0 Å². The summed E-state index contributed by atoms with van der Waals surface area (Å²) in [4.78, 5) is 73.2. The SMILES string of the molecule is CC[C@H]1OC(=O)[C@H](C)C(=O)[C@H](C)[C@@H](O[C@@H]2O[C@H](C)C[C@H](N(C)C)[C@H]2OC(C)=O)[C@](C)(OC)C[C@@H](C)C(=O)C(C)=C[C@]1(C)OC(=O)n1ccnc1. The van der Waals surface area contributed by atoms with E-state index in [-0.39, 0.29) is 36.3 Å². The summed E-state index contributed by atoms with van der Waals surface area (Å²) < 4.78 is 37.7. The van der Waals surface area contributed by atoms with Crippen molar-refractivity contribution in [2.45, 2.75) is 130 Å². The number of methoxy groups -OCH3 is 1. The molecular weight excluding hydrogens is 650 g/mol. The number of ether oxygens (including phenoxy) is 6. The van der Waals surface area contributed by atoms with Gasteiger partial charge in [-0.1, -0.05) is 20.8 Å². The first-order valence-corrected chi connectivity index (χ1v) is 17.2. The van der Waals surface area contributed by atoms with Crippen LogP contribution in [0.2, 0.25) is 0 Å². The van der Waals surface area contributed by atoms with Crippen LogP contribution >= 0.6 is 0 Å². The Labute approximate surface area is 295 Å². The number of nitrogens with zero attached hydrogens (tertiary/aromatic N) is 3. The van der Waals surface area contributed by atoms with E-state index in [1.54, 1.807) is 41.5 Å². The van der Waals surface area contributed by atoms with Crippen molar-refractivity contribution in [3.8, 4) is 0 Å². The molecule has 3 heterocycles. The number of aromatic nitrogens is 2. The highest BCUT2D eigenvalue weighted by molar-refractivity contribution is 6.00. The zero-order chi connectivity index (χ0) is 37.7. The minimum atomic E-state index is -1.59. The van der Waals surface area contributed by atoms with E-state index < -0.39 is 77.4 Å². The molecule has 2 aliphatic rings. The van der Waals surface area contributed by atoms with Crippen LogP contribution in [-0.2, 0) is 47.6 Å². The molecule has 0 saturated carbocycles. The quantitative estimate of drug-likeness (QED) is 0.226. The van der Waals surface area contributed by atoms with Crippen molar-refractivity contribution >= 4 is 29.6 Å². The van der Waals surface area contributed by atoms with Crippen molar-refractivity contribution in [1.82, 2.24) is 14.5 Å². The second-order valence-electron chi connectivity index (χ2n) is 14.3. The minimum Gasteiger partial charge on any atom is -0.457 e. The van der Waals surface area contributed by atoms with Gasteiger partial charge in [-0.05, 0) is 79.6 Å². The molecule has 14 heteroatoms. The summed E-state index contributed by atoms with van der Waals surface area (Å²) in [6, 6.07) is -0.267. The normalized spacial score (nSPS) is 36.3. The molecule has 280 valence electrons. The first-order chi connectivity index (χ1) is 23.3. The van der Waals surface area contributed by atoms with Gasteiger partial charge in [-0.2, -0.15) is 0 Å². The number of imidazole rings is 1. The zero-order valence-electron chi connectivity index (χ0n) is 31.5. The predicted molar refractivity (Wildman–Crippen MR) is 181 cm³/mol. The lowest BCUT2D eigenvalue weighted by Gasteiger charge is -2.47. The minimum absolute atomic E-state index is 0.0922. The maximum atomic E-state index is 14.2. The number of carbonyl (C=O) groups is 5. The molecule has 3 rings (SSSR count). The Morgan fingerprint density at radius 3 is 2.32 bits per heavy atom. The monoisotopic (exact) mass is 705 g/mol. The summed E-state index contributed by atoms with van der Waals surface area (Å²) in [6.07, 6.45) is 1.25. The highest BCUT2D eigenvalue weighted by Gasteiger charge is 2.51. The van der Waals surface area contributed by atoms with Gasteiger partial charge in [0, 0.05) is 38.3 Å². The van der Waals surface area contributed by atoms with Crippen molar-refractivity contribution in [3.63, 3.8) is 0 Å². The topological polar surface area (TPSA) is 162 Å². The van der Waals surface area contributed by atoms with Gasteiger partial charge in [0.2, 0.25) is 0 Å². The first kappa shape index (κ1) is 41.0. The van der Waals surface area contributed by atoms with Crippen LogP contribution in [0.25, 0.3) is 0 Å². The number of Topliss-reactive ketones (excluding diaryl/α,β-unsaturated/α-hetero) is 2. The fourth-order valence-corrected chi connectivity index (χ4v) is 7.10. The summed E-state index contributed by atoms with van der Waals surface area (Å²) in [6.45, 7) is 14.6. The molecule has 0 spiro atoms. The third-order valence-electron chi connectivity index (χ3n) is 9.93. The Morgan fingerprint density at radius 1 is 1.12 bits per heavy atom. The van der Waals surface area contributed by atoms with Gasteiger partial charge < -0.3 is 33.3 Å². The molecular formula is C36H55N3O11. The number of rotatable bonds is 7. The molecule has 0 N–H and O–H groups in total. The van der Waals surface area contributed by atoms with E-state index >= 15 is 0 Å². The number of hydrogen-bond donors (Lipinski definition) is 0. The highest BCUT2D eigenvalue weighted by atomic mass is 16.7. The molecule has 1 saturated heterocycles. The molecule has 11 atom stereocenters. The van der Waals surface area contributed by atoms with Crippen LogP contribution in [0.4, 0.5) is 4.79 Å². The van der Waals surface area contributed by atoms with Crippen molar-refractivity contribution in [2.75, 3.05) is 21.2 Å². The predicted octanol–water partition coefficient (Wildman–Crippen LogP) is 4.13. The largest absolute Gasteiger partial charge is 0.457 e. The van der Waals surface area contributed by atoms with E-state index in [0.717, 1.165) is 4.57 Å². The van der Waals surface area contributed by atoms with Crippen LogP contribution in [-0.4, -0.2) is 113 Å². The lowest BCUT2D eigenvalue weighted by Crippen LogP contribution is -2.60. The van der Waals surface area contributed by atoms with Crippen molar-refractivity contribution in [2.24, 2.45) is 17.8 Å². The van der Waals surface area contributed by atoms with Gasteiger partial charge in [0.25, 0.3) is 0 Å². The second kappa shape index (κ2) is 16.7. The standard InChI is InChI=1S/C36H55N3O11/c1-13-27-35(8,50-34(44)39-15-14-37-19-39)17-20(2)28(41)21(3)18-36(9,45-12)31(23(5)29(42)24(6)32(43)48-27)49-33-30(47-25(7)40)26(38(10)11)16-22(4)46-33/h14-15,17,19,21-24,26-27,30-31,33H,13,16,18H2,1-12H3/t21-,22-,23+,24-,26+,27-,30-,31-,33+,35+,36-/m1/s1. The van der Waals surface area contributed by atoms with E-state index in [4.69, 9.17) is 28.4 Å².